The van der Waals surface area contributed by atoms with Crippen LogP contribution in [0.25, 0.3) is 0 Å². The third-order valence-corrected chi connectivity index (χ3v) is 3.66. The predicted molar refractivity (Wildman–Crippen MR) is 74.2 cm³/mol. The van der Waals surface area contributed by atoms with Crippen LogP contribution >= 0.6 is 35.0 Å². The smallest absolute Gasteiger partial charge is 0.143 e. The van der Waals surface area contributed by atoms with Gasteiger partial charge in [0.05, 0.1) is 0 Å². The Balaban J connectivity index is 0.00000144. The van der Waals surface area contributed by atoms with Crippen LogP contribution in [0.3, 0.4) is 0 Å². The third-order valence-electron chi connectivity index (χ3n) is 2.83. The van der Waals surface area contributed by atoms with E-state index in [4.69, 9.17) is 5.73 Å². The van der Waals surface area contributed by atoms with Gasteiger partial charge in [0.15, 0.2) is 0 Å². The minimum absolute atomic E-state index is 0. The van der Waals surface area contributed by atoms with E-state index in [0.29, 0.717) is 16.7 Å². The van der Waals surface area contributed by atoms with Crippen molar-refractivity contribution in [3.8, 4) is 0 Å². The van der Waals surface area contributed by atoms with Gasteiger partial charge in [0.1, 0.15) is 11.6 Å². The Morgan fingerprint density at radius 1 is 1.41 bits per heavy atom. The van der Waals surface area contributed by atoms with E-state index in [9.17, 15) is 8.78 Å². The van der Waals surface area contributed by atoms with Gasteiger partial charge in [0.25, 0.3) is 0 Å². The van der Waals surface area contributed by atoms with Crippen molar-refractivity contribution in [2.24, 2.45) is 5.73 Å². The van der Waals surface area contributed by atoms with Gasteiger partial charge < -0.3 is 5.73 Å². The maximum Gasteiger partial charge on any atom is 0.143 e. The molecule has 1 aromatic carbocycles. The Morgan fingerprint density at radius 3 is 2.71 bits per heavy atom. The summed E-state index contributed by atoms with van der Waals surface area (Å²) in [5.74, 6) is -0.917. The van der Waals surface area contributed by atoms with Crippen molar-refractivity contribution in [2.75, 3.05) is 13.1 Å². The fourth-order valence-corrected chi connectivity index (χ4v) is 2.45. The highest BCUT2D eigenvalue weighted by Crippen LogP contribution is 2.21. The molecule has 2 N–H and O–H groups in total. The molecule has 0 saturated carbocycles. The van der Waals surface area contributed by atoms with Gasteiger partial charge in [0, 0.05) is 34.8 Å². The molecule has 1 aliphatic heterocycles. The van der Waals surface area contributed by atoms with Gasteiger partial charge in [-0.15, -0.1) is 12.4 Å². The van der Waals surface area contributed by atoms with E-state index in [2.05, 4.69) is 0 Å². The second kappa shape index (κ2) is 6.26. The van der Waals surface area contributed by atoms with Crippen molar-refractivity contribution >= 4 is 35.0 Å². The number of nitrogens with two attached hydrogens (primary N) is 1. The number of benzene rings is 1. The Labute approximate surface area is 119 Å². The van der Waals surface area contributed by atoms with Crippen molar-refractivity contribution in [1.29, 1.82) is 0 Å². The quantitative estimate of drug-likeness (QED) is 0.637. The van der Waals surface area contributed by atoms with Crippen LogP contribution in [0.15, 0.2) is 12.1 Å². The summed E-state index contributed by atoms with van der Waals surface area (Å²) in [6, 6.07) is 2.90. The number of rotatable bonds is 2. The van der Waals surface area contributed by atoms with E-state index >= 15 is 0 Å². The molecule has 0 amide bonds. The summed E-state index contributed by atoms with van der Waals surface area (Å²) in [5, 5.41) is 0. The molecule has 1 heterocycles. The van der Waals surface area contributed by atoms with Gasteiger partial charge in [-0.3, -0.25) is 4.90 Å². The minimum atomic E-state index is -0.474. The Hall–Kier alpha value is 0.0200. The van der Waals surface area contributed by atoms with E-state index in [-0.39, 0.29) is 24.0 Å². The minimum Gasteiger partial charge on any atom is -0.326 e. The Morgan fingerprint density at radius 2 is 2.12 bits per heavy atom. The number of halogens is 4. The largest absolute Gasteiger partial charge is 0.326 e. The predicted octanol–water partition coefficient (Wildman–Crippen LogP) is 2.52. The average Bonchev–Trinajstić information content (AvgIpc) is 2.65. The first kappa shape index (κ1) is 15.1. The molecule has 6 heteroatoms. The van der Waals surface area contributed by atoms with Crippen LogP contribution in [-0.4, -0.2) is 24.0 Å². The van der Waals surface area contributed by atoms with E-state index in [0.717, 1.165) is 13.0 Å². The SMILES string of the molecule is Cl.NC1CCN(Cc2c(F)ccc(I)c2F)C1. The Kier molecular flexibility index (Phi) is 5.56. The van der Waals surface area contributed by atoms with E-state index in [1.807, 2.05) is 27.5 Å². The molecular weight excluding hydrogens is 360 g/mol. The highest BCUT2D eigenvalue weighted by Gasteiger charge is 2.22. The molecular formula is C11H14ClF2IN2. The lowest BCUT2D eigenvalue weighted by Gasteiger charge is -2.16. The van der Waals surface area contributed by atoms with Crippen LogP contribution in [-0.2, 0) is 6.54 Å². The first-order valence-corrected chi connectivity index (χ1v) is 6.26. The first-order valence-electron chi connectivity index (χ1n) is 5.18. The number of hydrogen-bond donors (Lipinski definition) is 1. The van der Waals surface area contributed by atoms with Crippen LogP contribution < -0.4 is 5.73 Å². The van der Waals surface area contributed by atoms with Crippen LogP contribution in [0.1, 0.15) is 12.0 Å². The maximum absolute atomic E-state index is 13.7. The van der Waals surface area contributed by atoms with Crippen LogP contribution in [0.5, 0.6) is 0 Å². The highest BCUT2D eigenvalue weighted by atomic mass is 127. The van der Waals surface area contributed by atoms with Gasteiger partial charge >= 0.3 is 0 Å². The van der Waals surface area contributed by atoms with Crippen LogP contribution in [0, 0.1) is 15.2 Å². The summed E-state index contributed by atoms with van der Waals surface area (Å²) in [7, 11) is 0. The fraction of sp³-hybridized carbons (Fsp3) is 0.455. The maximum atomic E-state index is 13.7. The highest BCUT2D eigenvalue weighted by molar-refractivity contribution is 14.1. The lowest BCUT2D eigenvalue weighted by atomic mass is 10.2. The summed E-state index contributed by atoms with van der Waals surface area (Å²) in [5.41, 5.74) is 5.91. The van der Waals surface area contributed by atoms with Crippen molar-refractivity contribution in [1.82, 2.24) is 4.90 Å². The van der Waals surface area contributed by atoms with Gasteiger partial charge in [-0.2, -0.15) is 0 Å². The zero-order valence-corrected chi connectivity index (χ0v) is 12.1. The summed E-state index contributed by atoms with van der Waals surface area (Å²) in [4.78, 5) is 1.99. The van der Waals surface area contributed by atoms with Crippen LogP contribution in [0.4, 0.5) is 8.78 Å². The molecule has 2 rings (SSSR count). The molecule has 2 nitrogen and oxygen atoms in total. The van der Waals surface area contributed by atoms with Gasteiger partial charge in [-0.25, -0.2) is 8.78 Å². The average molecular weight is 375 g/mol. The second-order valence-electron chi connectivity index (χ2n) is 4.11. The van der Waals surface area contributed by atoms with Gasteiger partial charge in [-0.1, -0.05) is 0 Å². The van der Waals surface area contributed by atoms with Gasteiger partial charge in [-0.05, 0) is 41.1 Å². The lowest BCUT2D eigenvalue weighted by Crippen LogP contribution is -2.27. The zero-order chi connectivity index (χ0) is 11.7. The molecule has 17 heavy (non-hydrogen) atoms. The molecule has 0 aromatic heterocycles. The molecule has 1 unspecified atom stereocenters. The Bertz CT molecular complexity index is 403. The van der Waals surface area contributed by atoms with E-state index in [1.165, 1.54) is 12.1 Å². The van der Waals surface area contributed by atoms with Crippen molar-refractivity contribution in [3.63, 3.8) is 0 Å². The lowest BCUT2D eigenvalue weighted by molar-refractivity contribution is 0.314. The number of likely N-dealkylation sites (tertiary alicyclic amines) is 1. The molecule has 1 atom stereocenters. The molecule has 0 aliphatic carbocycles. The fourth-order valence-electron chi connectivity index (χ4n) is 1.94. The molecule has 1 fully saturated rings. The summed E-state index contributed by atoms with van der Waals surface area (Å²) in [6.07, 6.45) is 0.896. The molecule has 0 spiro atoms. The first-order chi connectivity index (χ1) is 7.58. The topological polar surface area (TPSA) is 29.3 Å². The molecule has 1 aliphatic rings. The molecule has 1 aromatic rings. The van der Waals surface area contributed by atoms with E-state index in [1.54, 1.807) is 0 Å². The standard InChI is InChI=1S/C11H13F2IN2.ClH/c12-9-1-2-10(14)11(13)8(9)6-16-4-3-7(15)5-16;/h1-2,7H,3-6,15H2;1H. The number of nitrogens with zero attached hydrogens (tertiary/aromatic N) is 1. The third kappa shape index (κ3) is 3.49. The van der Waals surface area contributed by atoms with Crippen molar-refractivity contribution in [3.05, 3.63) is 32.9 Å². The monoisotopic (exact) mass is 374 g/mol. The van der Waals surface area contributed by atoms with Crippen molar-refractivity contribution < 1.29 is 8.78 Å². The van der Waals surface area contributed by atoms with Crippen LogP contribution in [0.2, 0.25) is 0 Å². The summed E-state index contributed by atoms with van der Waals surface area (Å²) in [6.45, 7) is 1.83. The molecule has 1 saturated heterocycles. The second-order valence-corrected chi connectivity index (χ2v) is 5.27. The summed E-state index contributed by atoms with van der Waals surface area (Å²) < 4.78 is 27.6. The van der Waals surface area contributed by atoms with Gasteiger partial charge in [0.2, 0.25) is 0 Å². The van der Waals surface area contributed by atoms with Crippen molar-refractivity contribution in [2.45, 2.75) is 19.0 Å². The molecule has 96 valence electrons. The normalized spacial score (nSPS) is 20.4. The zero-order valence-electron chi connectivity index (χ0n) is 9.13. The van der Waals surface area contributed by atoms with E-state index < -0.39 is 11.6 Å². The molecule has 0 radical (unpaired) electrons. The molecule has 0 bridgehead atoms. The number of hydrogen-bond acceptors (Lipinski definition) is 2. The summed E-state index contributed by atoms with van der Waals surface area (Å²) >= 11 is 1.87.